The van der Waals surface area contributed by atoms with Gasteiger partial charge in [0.25, 0.3) is 11.9 Å². The summed E-state index contributed by atoms with van der Waals surface area (Å²) in [6, 6.07) is 20.8. The minimum atomic E-state index is -4.80. The Bertz CT molecular complexity index is 1130. The summed E-state index contributed by atoms with van der Waals surface area (Å²) in [7, 11) is 0. The van der Waals surface area contributed by atoms with Crippen LogP contribution < -0.4 is 4.74 Å². The summed E-state index contributed by atoms with van der Waals surface area (Å²) in [6.45, 7) is 3.05. The normalized spacial score (nSPS) is 13.6. The fourth-order valence-corrected chi connectivity index (χ4v) is 3.72. The van der Waals surface area contributed by atoms with Crippen molar-refractivity contribution < 1.29 is 27.4 Å². The van der Waals surface area contributed by atoms with Crippen LogP contribution in [0.3, 0.4) is 0 Å². The number of ether oxygens (including phenoxy) is 2. The molecule has 0 aliphatic carbocycles. The molecule has 0 N–H and O–H groups in total. The lowest BCUT2D eigenvalue weighted by molar-refractivity contribution is -0.274. The van der Waals surface area contributed by atoms with Gasteiger partial charge in [0.05, 0.1) is 6.61 Å². The van der Waals surface area contributed by atoms with E-state index in [-0.39, 0.29) is 11.6 Å². The second kappa shape index (κ2) is 9.36. The van der Waals surface area contributed by atoms with Gasteiger partial charge in [0.2, 0.25) is 0 Å². The molecule has 0 spiro atoms. The second-order valence-electron chi connectivity index (χ2n) is 7.38. The summed E-state index contributed by atoms with van der Waals surface area (Å²) in [5, 5.41) is 0. The highest BCUT2D eigenvalue weighted by atomic mass is 19.4. The number of alkyl halides is 3. The molecule has 1 heterocycles. The molecule has 1 amide bonds. The maximum atomic E-state index is 12.8. The SMILES string of the molecule is CCO/C(=N\C(=O)c1ccc(OC(F)(F)F)cc1)N1Cc2ccccc2-c2ccccc2C1. The number of hydrogen-bond acceptors (Lipinski definition) is 3. The van der Waals surface area contributed by atoms with E-state index < -0.39 is 18.0 Å². The zero-order valence-corrected chi connectivity index (χ0v) is 17.8. The molecule has 33 heavy (non-hydrogen) atoms. The average molecular weight is 454 g/mol. The Hall–Kier alpha value is -3.81. The number of amides is 1. The van der Waals surface area contributed by atoms with E-state index in [1.807, 2.05) is 41.3 Å². The van der Waals surface area contributed by atoms with Crippen molar-refractivity contribution in [1.29, 1.82) is 0 Å². The van der Waals surface area contributed by atoms with Crippen molar-refractivity contribution in [2.24, 2.45) is 4.99 Å². The highest BCUT2D eigenvalue weighted by Gasteiger charge is 2.31. The number of nitrogens with zero attached hydrogens (tertiary/aromatic N) is 2. The first-order valence-electron chi connectivity index (χ1n) is 10.4. The van der Waals surface area contributed by atoms with Crippen LogP contribution in [0.1, 0.15) is 28.4 Å². The van der Waals surface area contributed by atoms with Gasteiger partial charge in [-0.15, -0.1) is 13.2 Å². The predicted octanol–water partition coefficient (Wildman–Crippen LogP) is 5.80. The molecule has 5 nitrogen and oxygen atoms in total. The van der Waals surface area contributed by atoms with Gasteiger partial charge in [-0.05, 0) is 53.4 Å². The number of benzene rings is 3. The third-order valence-electron chi connectivity index (χ3n) is 5.12. The van der Waals surface area contributed by atoms with Crippen LogP contribution in [0.5, 0.6) is 5.75 Å². The third kappa shape index (κ3) is 5.34. The number of fused-ring (bicyclic) bond motifs is 3. The summed E-state index contributed by atoms with van der Waals surface area (Å²) in [5.74, 6) is -1.03. The Balaban J connectivity index is 1.64. The van der Waals surface area contributed by atoms with Gasteiger partial charge in [-0.3, -0.25) is 4.79 Å². The van der Waals surface area contributed by atoms with Crippen molar-refractivity contribution >= 4 is 11.9 Å². The number of aliphatic imine (C=N–C) groups is 1. The number of halogens is 3. The van der Waals surface area contributed by atoms with E-state index in [1.165, 1.54) is 12.1 Å². The van der Waals surface area contributed by atoms with Gasteiger partial charge in [0.15, 0.2) is 0 Å². The van der Waals surface area contributed by atoms with Gasteiger partial charge in [-0.2, -0.15) is 4.99 Å². The maximum absolute atomic E-state index is 12.8. The van der Waals surface area contributed by atoms with Crippen LogP contribution in [-0.2, 0) is 17.8 Å². The molecule has 0 aromatic heterocycles. The van der Waals surface area contributed by atoms with Crippen molar-refractivity contribution in [3.63, 3.8) is 0 Å². The number of rotatable bonds is 3. The molecule has 0 saturated heterocycles. The minimum absolute atomic E-state index is 0.123. The Labute approximate surface area is 189 Å². The molecule has 0 saturated carbocycles. The smallest absolute Gasteiger partial charge is 0.465 e. The molecule has 3 aromatic rings. The molecule has 0 fully saturated rings. The van der Waals surface area contributed by atoms with Gasteiger partial charge in [0.1, 0.15) is 5.75 Å². The van der Waals surface area contributed by atoms with Crippen LogP contribution in [0.25, 0.3) is 11.1 Å². The molecule has 1 aliphatic heterocycles. The van der Waals surface area contributed by atoms with Crippen LogP contribution in [0.15, 0.2) is 77.8 Å². The van der Waals surface area contributed by atoms with Crippen molar-refractivity contribution in [3.8, 4) is 16.9 Å². The van der Waals surface area contributed by atoms with Crippen LogP contribution in [0.2, 0.25) is 0 Å². The number of carbonyl (C=O) groups excluding carboxylic acids is 1. The monoisotopic (exact) mass is 454 g/mol. The molecule has 1 aliphatic rings. The highest BCUT2D eigenvalue weighted by molar-refractivity contribution is 6.01. The molecule has 4 rings (SSSR count). The lowest BCUT2D eigenvalue weighted by Gasteiger charge is -2.24. The highest BCUT2D eigenvalue weighted by Crippen LogP contribution is 2.32. The zero-order valence-electron chi connectivity index (χ0n) is 17.8. The molecular formula is C25H21F3N2O3. The van der Waals surface area contributed by atoms with E-state index in [4.69, 9.17) is 4.74 Å². The van der Waals surface area contributed by atoms with Crippen LogP contribution in [0.4, 0.5) is 13.2 Å². The first-order valence-corrected chi connectivity index (χ1v) is 10.4. The Morgan fingerprint density at radius 3 is 1.97 bits per heavy atom. The van der Waals surface area contributed by atoms with Gasteiger partial charge in [0, 0.05) is 18.7 Å². The molecule has 170 valence electrons. The number of carbonyl (C=O) groups is 1. The first-order chi connectivity index (χ1) is 15.8. The lowest BCUT2D eigenvalue weighted by Crippen LogP contribution is -2.32. The molecule has 0 radical (unpaired) electrons. The zero-order chi connectivity index (χ0) is 23.4. The van der Waals surface area contributed by atoms with E-state index in [9.17, 15) is 18.0 Å². The molecule has 0 atom stereocenters. The molecular weight excluding hydrogens is 433 g/mol. The number of amidine groups is 1. The van der Waals surface area contributed by atoms with Crippen molar-refractivity contribution in [2.45, 2.75) is 26.4 Å². The summed E-state index contributed by atoms with van der Waals surface area (Å²) in [6.07, 6.45) is -4.80. The molecule has 0 unspecified atom stereocenters. The van der Waals surface area contributed by atoms with E-state index in [0.29, 0.717) is 19.7 Å². The lowest BCUT2D eigenvalue weighted by atomic mass is 9.97. The first kappa shape index (κ1) is 22.4. The summed E-state index contributed by atoms with van der Waals surface area (Å²) in [4.78, 5) is 18.8. The fourth-order valence-electron chi connectivity index (χ4n) is 3.72. The van der Waals surface area contributed by atoms with Gasteiger partial charge in [-0.1, -0.05) is 48.5 Å². The van der Waals surface area contributed by atoms with Gasteiger partial charge in [-0.25, -0.2) is 0 Å². The van der Waals surface area contributed by atoms with Gasteiger partial charge < -0.3 is 14.4 Å². The van der Waals surface area contributed by atoms with Crippen LogP contribution >= 0.6 is 0 Å². The van der Waals surface area contributed by atoms with E-state index in [2.05, 4.69) is 21.9 Å². The molecule has 3 aromatic carbocycles. The van der Waals surface area contributed by atoms with Gasteiger partial charge >= 0.3 is 6.36 Å². The summed E-state index contributed by atoms with van der Waals surface area (Å²) in [5.41, 5.74) is 4.47. The molecule has 8 heteroatoms. The second-order valence-corrected chi connectivity index (χ2v) is 7.38. The quantitative estimate of drug-likeness (QED) is 0.371. The molecule has 0 bridgehead atoms. The van der Waals surface area contributed by atoms with Crippen molar-refractivity contribution in [1.82, 2.24) is 4.90 Å². The summed E-state index contributed by atoms with van der Waals surface area (Å²) >= 11 is 0. The minimum Gasteiger partial charge on any atom is -0.465 e. The third-order valence-corrected chi connectivity index (χ3v) is 5.12. The van der Waals surface area contributed by atoms with Crippen molar-refractivity contribution in [3.05, 3.63) is 89.5 Å². The standard InChI is InChI=1S/C25H21F3N2O3/c1-2-32-24(29-23(31)17-11-13-20(14-12-17)33-25(26,27)28)30-15-18-7-3-5-9-21(18)22-10-6-4-8-19(22)16-30/h3-14H,2,15-16H2,1H3/b29-24-. The summed E-state index contributed by atoms with van der Waals surface area (Å²) < 4.78 is 46.7. The van der Waals surface area contributed by atoms with E-state index in [0.717, 1.165) is 34.4 Å². The fraction of sp³-hybridized carbons (Fsp3) is 0.200. The van der Waals surface area contributed by atoms with E-state index in [1.54, 1.807) is 6.92 Å². The maximum Gasteiger partial charge on any atom is 0.573 e. The Kier molecular flexibility index (Phi) is 6.35. The topological polar surface area (TPSA) is 51.1 Å². The van der Waals surface area contributed by atoms with E-state index >= 15 is 0 Å². The van der Waals surface area contributed by atoms with Crippen LogP contribution in [-0.4, -0.2) is 29.8 Å². The average Bonchev–Trinajstić information content (AvgIpc) is 2.95. The Morgan fingerprint density at radius 2 is 1.45 bits per heavy atom. The van der Waals surface area contributed by atoms with Crippen LogP contribution in [0, 0.1) is 0 Å². The largest absolute Gasteiger partial charge is 0.573 e. The number of hydrogen-bond donors (Lipinski definition) is 0. The van der Waals surface area contributed by atoms with Crippen molar-refractivity contribution in [2.75, 3.05) is 6.61 Å². The predicted molar refractivity (Wildman–Crippen MR) is 118 cm³/mol. The Morgan fingerprint density at radius 1 is 0.909 bits per heavy atom.